The van der Waals surface area contributed by atoms with Gasteiger partial charge in [0, 0.05) is 19.2 Å². The Morgan fingerprint density at radius 1 is 1.37 bits per heavy atom. The molecule has 0 fully saturated rings. The maximum atomic E-state index is 11.9. The van der Waals surface area contributed by atoms with Gasteiger partial charge in [-0.05, 0) is 18.4 Å². The number of hydrogen-bond donors (Lipinski definition) is 2. The highest BCUT2D eigenvalue weighted by Gasteiger charge is 2.21. The first-order valence-electron chi connectivity index (χ1n) is 6.69. The third kappa shape index (κ3) is 5.01. The summed E-state index contributed by atoms with van der Waals surface area (Å²) in [5.74, 6) is -0.545. The molecule has 106 valence electrons. The van der Waals surface area contributed by atoms with Gasteiger partial charge in [0.25, 0.3) is 0 Å². The Hall–Kier alpha value is -1.39. The third-order valence-corrected chi connectivity index (χ3v) is 3.27. The molecule has 4 nitrogen and oxygen atoms in total. The molecule has 0 radical (unpaired) electrons. The van der Waals surface area contributed by atoms with Crippen LogP contribution in [0.5, 0.6) is 0 Å². The zero-order valence-corrected chi connectivity index (χ0v) is 11.6. The first kappa shape index (κ1) is 15.7. The third-order valence-electron chi connectivity index (χ3n) is 3.27. The Balaban J connectivity index is 2.68. The molecule has 1 rings (SSSR count). The highest BCUT2D eigenvalue weighted by molar-refractivity contribution is 5.78. The second-order valence-corrected chi connectivity index (χ2v) is 4.51. The second-order valence-electron chi connectivity index (χ2n) is 4.51. The number of aliphatic hydroxyl groups is 1. The average Bonchev–Trinajstić information content (AvgIpc) is 2.47. The molecular weight excluding hydrogens is 242 g/mol. The lowest BCUT2D eigenvalue weighted by Gasteiger charge is -2.20. The first-order valence-corrected chi connectivity index (χ1v) is 6.69. The van der Waals surface area contributed by atoms with Gasteiger partial charge < -0.3 is 15.2 Å². The summed E-state index contributed by atoms with van der Waals surface area (Å²) in [6.07, 6.45) is 1.61. The number of esters is 1. The molecule has 0 aliphatic carbocycles. The monoisotopic (exact) mass is 265 g/mol. The van der Waals surface area contributed by atoms with E-state index < -0.39 is 0 Å². The molecule has 0 amide bonds. The largest absolute Gasteiger partial charge is 0.469 e. The molecule has 2 unspecified atom stereocenters. The summed E-state index contributed by atoms with van der Waals surface area (Å²) in [5.41, 5.74) is 0.945. The van der Waals surface area contributed by atoms with Crippen molar-refractivity contribution < 1.29 is 14.6 Å². The smallest absolute Gasteiger partial charge is 0.314 e. The van der Waals surface area contributed by atoms with Crippen LogP contribution in [-0.2, 0) is 9.53 Å². The van der Waals surface area contributed by atoms with Gasteiger partial charge >= 0.3 is 5.97 Å². The van der Waals surface area contributed by atoms with Gasteiger partial charge in [-0.2, -0.15) is 0 Å². The van der Waals surface area contributed by atoms with E-state index in [1.165, 1.54) is 7.11 Å². The van der Waals surface area contributed by atoms with E-state index in [1.807, 2.05) is 30.3 Å². The number of rotatable bonds is 8. The van der Waals surface area contributed by atoms with Crippen LogP contribution in [0.25, 0.3) is 0 Å². The highest BCUT2D eigenvalue weighted by Crippen LogP contribution is 2.16. The molecule has 0 bridgehead atoms. The summed E-state index contributed by atoms with van der Waals surface area (Å²) in [4.78, 5) is 11.9. The van der Waals surface area contributed by atoms with Crippen LogP contribution in [0, 0.1) is 0 Å². The number of benzene rings is 1. The van der Waals surface area contributed by atoms with E-state index in [9.17, 15) is 4.79 Å². The molecule has 1 aromatic carbocycles. The minimum Gasteiger partial charge on any atom is -0.469 e. The SMILES string of the molecule is CCC(CCO)NCC(C(=O)OC)c1ccccc1. The van der Waals surface area contributed by atoms with Gasteiger partial charge in [-0.3, -0.25) is 4.79 Å². The number of methoxy groups -OCH3 is 1. The molecule has 0 spiro atoms. The van der Waals surface area contributed by atoms with Gasteiger partial charge in [-0.1, -0.05) is 37.3 Å². The molecule has 4 heteroatoms. The number of hydrogen-bond acceptors (Lipinski definition) is 4. The maximum absolute atomic E-state index is 11.9. The number of ether oxygens (including phenoxy) is 1. The van der Waals surface area contributed by atoms with Crippen LogP contribution < -0.4 is 5.32 Å². The lowest BCUT2D eigenvalue weighted by atomic mass is 9.98. The number of nitrogens with one attached hydrogen (secondary N) is 1. The Morgan fingerprint density at radius 3 is 2.58 bits per heavy atom. The summed E-state index contributed by atoms with van der Waals surface area (Å²) in [6.45, 7) is 2.73. The summed E-state index contributed by atoms with van der Waals surface area (Å²) >= 11 is 0. The van der Waals surface area contributed by atoms with Crippen LogP contribution in [-0.4, -0.2) is 37.4 Å². The number of carbonyl (C=O) groups excluding carboxylic acids is 1. The zero-order chi connectivity index (χ0) is 14.1. The van der Waals surface area contributed by atoms with Crippen LogP contribution in [0.4, 0.5) is 0 Å². The highest BCUT2D eigenvalue weighted by atomic mass is 16.5. The van der Waals surface area contributed by atoms with Gasteiger partial charge in [0.1, 0.15) is 0 Å². The van der Waals surface area contributed by atoms with Crippen molar-refractivity contribution >= 4 is 5.97 Å². The fraction of sp³-hybridized carbons (Fsp3) is 0.533. The van der Waals surface area contributed by atoms with Crippen molar-refractivity contribution in [2.24, 2.45) is 0 Å². The van der Waals surface area contributed by atoms with E-state index >= 15 is 0 Å². The van der Waals surface area contributed by atoms with Crippen molar-refractivity contribution in [1.29, 1.82) is 0 Å². The predicted molar refractivity (Wildman–Crippen MR) is 75.0 cm³/mol. The summed E-state index contributed by atoms with van der Waals surface area (Å²) in [6, 6.07) is 9.83. The molecule has 0 aliphatic heterocycles. The van der Waals surface area contributed by atoms with E-state index in [4.69, 9.17) is 9.84 Å². The fourth-order valence-electron chi connectivity index (χ4n) is 2.06. The van der Waals surface area contributed by atoms with E-state index in [0.29, 0.717) is 13.0 Å². The van der Waals surface area contributed by atoms with E-state index in [2.05, 4.69) is 12.2 Å². The molecule has 19 heavy (non-hydrogen) atoms. The van der Waals surface area contributed by atoms with Crippen molar-refractivity contribution in [3.63, 3.8) is 0 Å². The van der Waals surface area contributed by atoms with Gasteiger partial charge in [0.2, 0.25) is 0 Å². The minimum absolute atomic E-state index is 0.153. The van der Waals surface area contributed by atoms with Gasteiger partial charge in [-0.25, -0.2) is 0 Å². The molecule has 1 aromatic rings. The lowest BCUT2D eigenvalue weighted by Crippen LogP contribution is -2.35. The molecule has 2 atom stereocenters. The Bertz CT molecular complexity index is 367. The van der Waals surface area contributed by atoms with Crippen molar-refractivity contribution in [2.45, 2.75) is 31.7 Å². The standard InChI is InChI=1S/C15H23NO3/c1-3-13(9-10-17)16-11-14(15(18)19-2)12-7-5-4-6-8-12/h4-8,13-14,16-17H,3,9-11H2,1-2H3. The Morgan fingerprint density at radius 2 is 2.05 bits per heavy atom. The van der Waals surface area contributed by atoms with Crippen LogP contribution in [0.15, 0.2) is 30.3 Å². The normalized spacial score (nSPS) is 13.8. The molecular formula is C15H23NO3. The number of aliphatic hydroxyl groups excluding tert-OH is 1. The van der Waals surface area contributed by atoms with Crippen LogP contribution >= 0.6 is 0 Å². The number of carbonyl (C=O) groups is 1. The average molecular weight is 265 g/mol. The van der Waals surface area contributed by atoms with Gasteiger partial charge in [0.05, 0.1) is 13.0 Å². The quantitative estimate of drug-likeness (QED) is 0.702. The summed E-state index contributed by atoms with van der Waals surface area (Å²) < 4.78 is 4.86. The summed E-state index contributed by atoms with van der Waals surface area (Å²) in [7, 11) is 1.41. The zero-order valence-electron chi connectivity index (χ0n) is 11.6. The van der Waals surface area contributed by atoms with E-state index in [1.54, 1.807) is 0 Å². The van der Waals surface area contributed by atoms with Crippen LogP contribution in [0.2, 0.25) is 0 Å². The summed E-state index contributed by atoms with van der Waals surface area (Å²) in [5, 5.41) is 12.3. The molecule has 0 saturated carbocycles. The molecule has 0 aromatic heterocycles. The van der Waals surface area contributed by atoms with Crippen LogP contribution in [0.1, 0.15) is 31.2 Å². The van der Waals surface area contributed by atoms with Crippen molar-refractivity contribution in [1.82, 2.24) is 5.32 Å². The maximum Gasteiger partial charge on any atom is 0.314 e. The molecule has 2 N–H and O–H groups in total. The molecule has 0 heterocycles. The van der Waals surface area contributed by atoms with Crippen molar-refractivity contribution in [2.75, 3.05) is 20.3 Å². The van der Waals surface area contributed by atoms with Gasteiger partial charge in [0.15, 0.2) is 0 Å². The van der Waals surface area contributed by atoms with Gasteiger partial charge in [-0.15, -0.1) is 0 Å². The van der Waals surface area contributed by atoms with Crippen molar-refractivity contribution in [3.05, 3.63) is 35.9 Å². The Kier molecular flexibility index (Phi) is 7.15. The first-order chi connectivity index (χ1) is 9.22. The lowest BCUT2D eigenvalue weighted by molar-refractivity contribution is -0.142. The van der Waals surface area contributed by atoms with Crippen LogP contribution in [0.3, 0.4) is 0 Å². The Labute approximate surface area is 114 Å². The predicted octanol–water partition coefficient (Wildman–Crippen LogP) is 1.69. The van der Waals surface area contributed by atoms with E-state index in [0.717, 1.165) is 12.0 Å². The second kappa shape index (κ2) is 8.67. The molecule has 0 saturated heterocycles. The van der Waals surface area contributed by atoms with E-state index in [-0.39, 0.29) is 24.5 Å². The minimum atomic E-state index is -0.307. The van der Waals surface area contributed by atoms with Crippen molar-refractivity contribution in [3.8, 4) is 0 Å². The molecule has 0 aliphatic rings. The fourth-order valence-corrected chi connectivity index (χ4v) is 2.06. The topological polar surface area (TPSA) is 58.6 Å².